The van der Waals surface area contributed by atoms with Gasteiger partial charge in [-0.1, -0.05) is 77.1 Å². The van der Waals surface area contributed by atoms with Gasteiger partial charge in [-0.05, 0) is 47.6 Å². The molecule has 5 rings (SSSR count). The van der Waals surface area contributed by atoms with Crippen molar-refractivity contribution < 1.29 is 4.57 Å². The zero-order valence-electron chi connectivity index (χ0n) is 19.8. The lowest BCUT2D eigenvalue weighted by molar-refractivity contribution is -0.633. The quantitative estimate of drug-likeness (QED) is 0.311. The molecule has 1 aliphatic rings. The monoisotopic (exact) mass is 409 g/mol. The summed E-state index contributed by atoms with van der Waals surface area (Å²) < 4.78 is 4.95. The highest BCUT2D eigenvalue weighted by molar-refractivity contribution is 5.83. The topological polar surface area (TPSA) is 8.81 Å². The SMILES string of the molecule is Cc1cccc2c1-c1n(c3ccccc3[n+]1C)-c1c(C(C)C)cc(C(C)C)cc1C2C. The van der Waals surface area contributed by atoms with E-state index in [0.717, 1.165) is 0 Å². The molecular weight excluding hydrogens is 376 g/mol. The highest BCUT2D eigenvalue weighted by Crippen LogP contribution is 2.46. The van der Waals surface area contributed by atoms with E-state index >= 15 is 0 Å². The van der Waals surface area contributed by atoms with Crippen LogP contribution in [0.1, 0.15) is 80.2 Å². The molecule has 2 heteroatoms. The Balaban J connectivity index is 2.06. The Morgan fingerprint density at radius 1 is 0.871 bits per heavy atom. The van der Waals surface area contributed by atoms with Crippen LogP contribution in [0, 0.1) is 6.92 Å². The van der Waals surface area contributed by atoms with Crippen LogP contribution in [0.2, 0.25) is 0 Å². The van der Waals surface area contributed by atoms with Gasteiger partial charge in [0.25, 0.3) is 5.82 Å². The third-order valence-corrected chi connectivity index (χ3v) is 7.18. The fourth-order valence-corrected chi connectivity index (χ4v) is 5.41. The second-order valence-electron chi connectivity index (χ2n) is 9.82. The number of hydrogen-bond acceptors (Lipinski definition) is 0. The molecule has 2 nitrogen and oxygen atoms in total. The molecule has 0 N–H and O–H groups in total. The first-order chi connectivity index (χ1) is 14.8. The van der Waals surface area contributed by atoms with Crippen molar-refractivity contribution >= 4 is 11.0 Å². The maximum atomic E-state index is 2.55. The summed E-state index contributed by atoms with van der Waals surface area (Å²) in [5.41, 5.74) is 12.4. The molecule has 1 atom stereocenters. The molecule has 0 radical (unpaired) electrons. The van der Waals surface area contributed by atoms with E-state index in [-0.39, 0.29) is 0 Å². The van der Waals surface area contributed by atoms with Gasteiger partial charge in [-0.15, -0.1) is 0 Å². The number of aryl methyl sites for hydroxylation is 2. The van der Waals surface area contributed by atoms with Crippen LogP contribution in [0.15, 0.2) is 54.6 Å². The summed E-state index contributed by atoms with van der Waals surface area (Å²) in [4.78, 5) is 0. The van der Waals surface area contributed by atoms with E-state index in [2.05, 4.69) is 112 Å². The predicted octanol–water partition coefficient (Wildman–Crippen LogP) is 7.14. The summed E-state index contributed by atoms with van der Waals surface area (Å²) in [5.74, 6) is 2.58. The fourth-order valence-electron chi connectivity index (χ4n) is 5.41. The highest BCUT2D eigenvalue weighted by Gasteiger charge is 2.37. The average Bonchev–Trinajstić information content (AvgIpc) is 2.97. The van der Waals surface area contributed by atoms with Gasteiger partial charge in [0, 0.05) is 17.0 Å². The molecule has 0 saturated carbocycles. The number of fused-ring (bicyclic) bond motifs is 7. The Bertz CT molecular complexity index is 1320. The minimum absolute atomic E-state index is 0.333. The van der Waals surface area contributed by atoms with Gasteiger partial charge < -0.3 is 0 Å². The van der Waals surface area contributed by atoms with Crippen LogP contribution in [0.3, 0.4) is 0 Å². The molecule has 158 valence electrons. The van der Waals surface area contributed by atoms with E-state index in [9.17, 15) is 0 Å². The summed E-state index contributed by atoms with van der Waals surface area (Å²) >= 11 is 0. The molecule has 0 bridgehead atoms. The third-order valence-electron chi connectivity index (χ3n) is 7.18. The fraction of sp³-hybridized carbons (Fsp3) is 0.345. The van der Waals surface area contributed by atoms with Gasteiger partial charge in [-0.3, -0.25) is 0 Å². The molecular formula is C29H33N2+. The van der Waals surface area contributed by atoms with E-state index in [0.29, 0.717) is 17.8 Å². The third kappa shape index (κ3) is 2.81. The molecule has 1 aromatic heterocycles. The van der Waals surface area contributed by atoms with Crippen LogP contribution in [0.4, 0.5) is 0 Å². The number of nitrogens with zero attached hydrogens (tertiary/aromatic N) is 2. The van der Waals surface area contributed by atoms with Gasteiger partial charge in [0.05, 0.1) is 12.6 Å². The van der Waals surface area contributed by atoms with Gasteiger partial charge in [-0.25, -0.2) is 4.57 Å². The molecule has 31 heavy (non-hydrogen) atoms. The Morgan fingerprint density at radius 2 is 1.61 bits per heavy atom. The maximum Gasteiger partial charge on any atom is 0.295 e. The summed E-state index contributed by atoms with van der Waals surface area (Å²) in [6.07, 6.45) is 0. The second-order valence-corrected chi connectivity index (χ2v) is 9.82. The van der Waals surface area contributed by atoms with Gasteiger partial charge in [-0.2, -0.15) is 4.57 Å². The van der Waals surface area contributed by atoms with Crippen molar-refractivity contribution in [2.75, 3.05) is 0 Å². The molecule has 0 spiro atoms. The van der Waals surface area contributed by atoms with E-state index in [1.807, 2.05) is 0 Å². The lowest BCUT2D eigenvalue weighted by Gasteiger charge is -2.21. The first kappa shape index (κ1) is 20.1. The van der Waals surface area contributed by atoms with Gasteiger partial charge in [0.2, 0.25) is 0 Å². The Kier molecular flexibility index (Phi) is 4.58. The van der Waals surface area contributed by atoms with Crippen molar-refractivity contribution in [2.24, 2.45) is 7.05 Å². The Morgan fingerprint density at radius 3 is 2.32 bits per heavy atom. The minimum atomic E-state index is 0.333. The second kappa shape index (κ2) is 7.09. The Hall–Kier alpha value is -2.87. The van der Waals surface area contributed by atoms with Crippen LogP contribution in [-0.2, 0) is 7.05 Å². The van der Waals surface area contributed by atoms with Gasteiger partial charge >= 0.3 is 0 Å². The first-order valence-corrected chi connectivity index (χ1v) is 11.6. The van der Waals surface area contributed by atoms with Crippen molar-refractivity contribution in [3.8, 4) is 17.1 Å². The molecule has 4 aromatic rings. The Labute approximate surface area is 186 Å². The van der Waals surface area contributed by atoms with E-state index in [1.165, 1.54) is 55.9 Å². The average molecular weight is 410 g/mol. The molecule has 3 aromatic carbocycles. The molecule has 0 amide bonds. The summed E-state index contributed by atoms with van der Waals surface area (Å²) in [6, 6.07) is 20.6. The minimum Gasteiger partial charge on any atom is -0.225 e. The maximum absolute atomic E-state index is 2.55. The smallest absolute Gasteiger partial charge is 0.225 e. The van der Waals surface area contributed by atoms with Crippen molar-refractivity contribution in [3.05, 3.63) is 82.4 Å². The summed E-state index contributed by atoms with van der Waals surface area (Å²) in [5, 5.41) is 0. The van der Waals surface area contributed by atoms with Crippen LogP contribution >= 0.6 is 0 Å². The predicted molar refractivity (Wildman–Crippen MR) is 130 cm³/mol. The summed E-state index contributed by atoms with van der Waals surface area (Å²) in [6.45, 7) is 13.9. The van der Waals surface area contributed by atoms with E-state index < -0.39 is 0 Å². The number of benzene rings is 3. The number of imidazole rings is 1. The molecule has 0 aliphatic carbocycles. The molecule has 0 saturated heterocycles. The van der Waals surface area contributed by atoms with E-state index in [4.69, 9.17) is 0 Å². The number of hydrogen-bond donors (Lipinski definition) is 0. The molecule has 0 fully saturated rings. The lowest BCUT2D eigenvalue weighted by Crippen LogP contribution is -2.30. The highest BCUT2D eigenvalue weighted by atomic mass is 15.2. The number of para-hydroxylation sites is 2. The first-order valence-electron chi connectivity index (χ1n) is 11.6. The van der Waals surface area contributed by atoms with Crippen molar-refractivity contribution in [2.45, 2.75) is 59.3 Å². The van der Waals surface area contributed by atoms with Crippen LogP contribution in [-0.4, -0.2) is 4.57 Å². The van der Waals surface area contributed by atoms with E-state index in [1.54, 1.807) is 0 Å². The normalized spacial score (nSPS) is 15.2. The number of aromatic nitrogens is 2. The van der Waals surface area contributed by atoms with Gasteiger partial charge in [0.1, 0.15) is 5.69 Å². The van der Waals surface area contributed by atoms with Crippen LogP contribution in [0.25, 0.3) is 28.1 Å². The van der Waals surface area contributed by atoms with Crippen LogP contribution < -0.4 is 4.57 Å². The number of rotatable bonds is 2. The van der Waals surface area contributed by atoms with Crippen molar-refractivity contribution in [1.29, 1.82) is 0 Å². The molecule has 1 unspecified atom stereocenters. The molecule has 1 aliphatic heterocycles. The zero-order chi connectivity index (χ0) is 22.0. The summed E-state index contributed by atoms with van der Waals surface area (Å²) in [7, 11) is 2.22. The van der Waals surface area contributed by atoms with Crippen molar-refractivity contribution in [1.82, 2.24) is 4.57 Å². The van der Waals surface area contributed by atoms with Crippen molar-refractivity contribution in [3.63, 3.8) is 0 Å². The molecule has 2 heterocycles. The largest absolute Gasteiger partial charge is 0.295 e. The zero-order valence-corrected chi connectivity index (χ0v) is 19.8. The standard InChI is InChI=1S/C29H33N2/c1-17(2)21-15-23(18(3)4)28-24(16-21)20(6)22-12-10-11-19(5)27(22)29-30(7)25-13-8-9-14-26(25)31(28)29/h8-18,20H,1-7H3/q+1. The lowest BCUT2D eigenvalue weighted by atomic mass is 9.83. The van der Waals surface area contributed by atoms with Gasteiger partial charge in [0.15, 0.2) is 11.0 Å². The van der Waals surface area contributed by atoms with Crippen LogP contribution in [0.5, 0.6) is 0 Å².